The Morgan fingerprint density at radius 2 is 2.15 bits per heavy atom. The Hall–Kier alpha value is -0.440. The number of methoxy groups -OCH3 is 1. The number of rotatable bonds is 3. The molecule has 13 heavy (non-hydrogen) atoms. The third-order valence-corrected chi connectivity index (χ3v) is 2.03. The van der Waals surface area contributed by atoms with Crippen LogP contribution < -0.4 is 10.5 Å². The highest BCUT2D eigenvalue weighted by Crippen LogP contribution is 2.22. The molecule has 4 heteroatoms. The van der Waals surface area contributed by atoms with Crippen molar-refractivity contribution in [2.45, 2.75) is 6.42 Å². The molecule has 0 unspecified atom stereocenters. The first-order valence-corrected chi connectivity index (χ1v) is 4.18. The van der Waals surface area contributed by atoms with E-state index in [0.717, 1.165) is 22.8 Å². The second-order valence-corrected chi connectivity index (χ2v) is 2.90. The summed E-state index contributed by atoms with van der Waals surface area (Å²) in [6, 6.07) is 5.62. The van der Waals surface area contributed by atoms with Crippen molar-refractivity contribution in [2.75, 3.05) is 13.7 Å². The van der Waals surface area contributed by atoms with Gasteiger partial charge in [0.05, 0.1) is 7.11 Å². The first-order valence-electron chi connectivity index (χ1n) is 3.80. The van der Waals surface area contributed by atoms with Crippen LogP contribution in [0.2, 0.25) is 5.02 Å². The van der Waals surface area contributed by atoms with Crippen LogP contribution in [0.15, 0.2) is 18.2 Å². The van der Waals surface area contributed by atoms with Crippen LogP contribution in [0.25, 0.3) is 0 Å². The Balaban J connectivity index is 0.00000144. The Bertz CT molecular complexity index is 266. The summed E-state index contributed by atoms with van der Waals surface area (Å²) in [6.07, 6.45) is 0.808. The predicted octanol–water partition coefficient (Wildman–Crippen LogP) is 2.27. The van der Waals surface area contributed by atoms with E-state index >= 15 is 0 Å². The van der Waals surface area contributed by atoms with E-state index in [9.17, 15) is 0 Å². The van der Waals surface area contributed by atoms with Crippen LogP contribution in [0.4, 0.5) is 0 Å². The van der Waals surface area contributed by atoms with Crippen molar-refractivity contribution in [3.63, 3.8) is 0 Å². The molecule has 0 radical (unpaired) electrons. The molecule has 1 rings (SSSR count). The molecule has 0 saturated heterocycles. The van der Waals surface area contributed by atoms with Gasteiger partial charge in [0.25, 0.3) is 0 Å². The van der Waals surface area contributed by atoms with Gasteiger partial charge in [0.2, 0.25) is 0 Å². The molecule has 1 aromatic rings. The van der Waals surface area contributed by atoms with Crippen LogP contribution in [0.5, 0.6) is 5.75 Å². The normalized spacial score (nSPS) is 9.15. The Labute approximate surface area is 89.4 Å². The highest BCUT2D eigenvalue weighted by molar-refractivity contribution is 6.31. The maximum absolute atomic E-state index is 5.95. The van der Waals surface area contributed by atoms with Gasteiger partial charge in [-0.3, -0.25) is 0 Å². The summed E-state index contributed by atoms with van der Waals surface area (Å²) in [7, 11) is 1.62. The maximum Gasteiger partial charge on any atom is 0.120 e. The molecule has 2 N–H and O–H groups in total. The quantitative estimate of drug-likeness (QED) is 0.851. The summed E-state index contributed by atoms with van der Waals surface area (Å²) in [6.45, 7) is 0.617. The molecule has 0 amide bonds. The standard InChI is InChI=1S/C9H12ClNO.ClH/c1-12-8-3-2-7(4-5-11)9(10)6-8;/h2-3,6H,4-5,11H2,1H3;1H. The molecule has 0 fully saturated rings. The lowest BCUT2D eigenvalue weighted by molar-refractivity contribution is 0.414. The molecule has 0 aliphatic rings. The minimum atomic E-state index is 0. The lowest BCUT2D eigenvalue weighted by atomic mass is 10.1. The second kappa shape index (κ2) is 6.08. The van der Waals surface area contributed by atoms with Crippen molar-refractivity contribution in [1.82, 2.24) is 0 Å². The predicted molar refractivity (Wildman–Crippen MR) is 58.0 cm³/mol. The summed E-state index contributed by atoms with van der Waals surface area (Å²) in [5.41, 5.74) is 6.48. The lowest BCUT2D eigenvalue weighted by Crippen LogP contribution is -2.03. The maximum atomic E-state index is 5.95. The van der Waals surface area contributed by atoms with Crippen LogP contribution in [0.3, 0.4) is 0 Å². The van der Waals surface area contributed by atoms with Gasteiger partial charge in [0, 0.05) is 5.02 Å². The minimum absolute atomic E-state index is 0. The van der Waals surface area contributed by atoms with Crippen LogP contribution >= 0.6 is 24.0 Å². The molecule has 2 nitrogen and oxygen atoms in total. The van der Waals surface area contributed by atoms with E-state index in [-0.39, 0.29) is 12.4 Å². The van der Waals surface area contributed by atoms with E-state index in [4.69, 9.17) is 22.1 Å². The van der Waals surface area contributed by atoms with E-state index in [0.29, 0.717) is 6.54 Å². The van der Waals surface area contributed by atoms with Gasteiger partial charge >= 0.3 is 0 Å². The minimum Gasteiger partial charge on any atom is -0.497 e. The second-order valence-electron chi connectivity index (χ2n) is 2.50. The van der Waals surface area contributed by atoms with Gasteiger partial charge in [0.15, 0.2) is 0 Å². The van der Waals surface area contributed by atoms with Gasteiger partial charge in [-0.05, 0) is 30.7 Å². The van der Waals surface area contributed by atoms with Crippen molar-refractivity contribution in [3.8, 4) is 5.75 Å². The Kier molecular flexibility index (Phi) is 5.88. The first-order chi connectivity index (χ1) is 5.77. The van der Waals surface area contributed by atoms with Crippen molar-refractivity contribution in [3.05, 3.63) is 28.8 Å². The summed E-state index contributed by atoms with van der Waals surface area (Å²) in [4.78, 5) is 0. The first kappa shape index (κ1) is 12.6. The van der Waals surface area contributed by atoms with Crippen LogP contribution in [-0.2, 0) is 6.42 Å². The number of benzene rings is 1. The topological polar surface area (TPSA) is 35.2 Å². The summed E-state index contributed by atoms with van der Waals surface area (Å²) in [5, 5.41) is 0.722. The van der Waals surface area contributed by atoms with E-state index < -0.39 is 0 Å². The molecule has 0 aromatic heterocycles. The molecule has 1 aromatic carbocycles. The van der Waals surface area contributed by atoms with Gasteiger partial charge in [-0.15, -0.1) is 12.4 Å². The largest absolute Gasteiger partial charge is 0.497 e. The number of hydrogen-bond acceptors (Lipinski definition) is 2. The third-order valence-electron chi connectivity index (χ3n) is 1.67. The molecule has 0 spiro atoms. The zero-order chi connectivity index (χ0) is 8.97. The molecular formula is C9H13Cl2NO. The van der Waals surface area contributed by atoms with Crippen molar-refractivity contribution in [1.29, 1.82) is 0 Å². The van der Waals surface area contributed by atoms with Gasteiger partial charge < -0.3 is 10.5 Å². The van der Waals surface area contributed by atoms with Gasteiger partial charge in [-0.25, -0.2) is 0 Å². The van der Waals surface area contributed by atoms with Crippen molar-refractivity contribution >= 4 is 24.0 Å². The fourth-order valence-electron chi connectivity index (χ4n) is 1.01. The number of ether oxygens (including phenoxy) is 1. The molecule has 0 saturated carbocycles. The monoisotopic (exact) mass is 221 g/mol. The Morgan fingerprint density at radius 3 is 2.62 bits per heavy atom. The molecule has 74 valence electrons. The van der Waals surface area contributed by atoms with Gasteiger partial charge in [0.1, 0.15) is 5.75 Å². The van der Waals surface area contributed by atoms with Crippen molar-refractivity contribution < 1.29 is 4.74 Å². The molecular weight excluding hydrogens is 209 g/mol. The van der Waals surface area contributed by atoms with Gasteiger partial charge in [-0.2, -0.15) is 0 Å². The number of halogens is 2. The smallest absolute Gasteiger partial charge is 0.120 e. The highest BCUT2D eigenvalue weighted by atomic mass is 35.5. The molecule has 0 heterocycles. The Morgan fingerprint density at radius 1 is 1.46 bits per heavy atom. The van der Waals surface area contributed by atoms with Crippen molar-refractivity contribution in [2.24, 2.45) is 5.73 Å². The molecule has 0 atom stereocenters. The molecule has 0 aliphatic heterocycles. The third kappa shape index (κ3) is 3.43. The van der Waals surface area contributed by atoms with Gasteiger partial charge in [-0.1, -0.05) is 17.7 Å². The average molecular weight is 222 g/mol. The summed E-state index contributed by atoms with van der Waals surface area (Å²) >= 11 is 5.95. The number of hydrogen-bond donors (Lipinski definition) is 1. The van der Waals surface area contributed by atoms with Crippen LogP contribution in [0.1, 0.15) is 5.56 Å². The summed E-state index contributed by atoms with van der Waals surface area (Å²) in [5.74, 6) is 0.778. The van der Waals surface area contributed by atoms with Crippen LogP contribution in [0, 0.1) is 0 Å². The van der Waals surface area contributed by atoms with E-state index in [2.05, 4.69) is 0 Å². The van der Waals surface area contributed by atoms with E-state index in [1.165, 1.54) is 0 Å². The molecule has 0 bridgehead atoms. The summed E-state index contributed by atoms with van der Waals surface area (Å²) < 4.78 is 5.01. The number of nitrogens with two attached hydrogens (primary N) is 1. The zero-order valence-electron chi connectivity index (χ0n) is 7.42. The average Bonchev–Trinajstić information content (AvgIpc) is 2.09. The fraction of sp³-hybridized carbons (Fsp3) is 0.333. The SMILES string of the molecule is COc1ccc(CCN)c(Cl)c1.Cl. The fourth-order valence-corrected chi connectivity index (χ4v) is 1.28. The van der Waals surface area contributed by atoms with E-state index in [1.54, 1.807) is 13.2 Å². The highest BCUT2D eigenvalue weighted by Gasteiger charge is 2.00. The van der Waals surface area contributed by atoms with E-state index in [1.807, 2.05) is 12.1 Å². The molecule has 0 aliphatic carbocycles. The lowest BCUT2D eigenvalue weighted by Gasteiger charge is -2.04. The zero-order valence-corrected chi connectivity index (χ0v) is 8.99. The van der Waals surface area contributed by atoms with Crippen LogP contribution in [-0.4, -0.2) is 13.7 Å².